The van der Waals surface area contributed by atoms with E-state index in [1.807, 2.05) is 41.3 Å². The summed E-state index contributed by atoms with van der Waals surface area (Å²) in [5.74, 6) is 3.21. The number of ether oxygens (including phenoxy) is 2. The van der Waals surface area contributed by atoms with Crippen LogP contribution in [-0.4, -0.2) is 67.1 Å². The van der Waals surface area contributed by atoms with Gasteiger partial charge >= 0.3 is 0 Å². The van der Waals surface area contributed by atoms with Crippen LogP contribution in [0.3, 0.4) is 0 Å². The molecule has 3 heterocycles. The molecule has 0 spiro atoms. The number of nitrogens with zero attached hydrogens (tertiary/aromatic N) is 5. The quantitative estimate of drug-likeness (QED) is 0.679. The van der Waals surface area contributed by atoms with Gasteiger partial charge in [-0.05, 0) is 49.8 Å². The number of fused-ring (bicyclic) bond motifs is 1. The van der Waals surface area contributed by atoms with E-state index >= 15 is 0 Å². The molecule has 4 rings (SSSR count). The Labute approximate surface area is 176 Å². The van der Waals surface area contributed by atoms with Crippen molar-refractivity contribution in [1.29, 1.82) is 0 Å². The van der Waals surface area contributed by atoms with Gasteiger partial charge in [-0.2, -0.15) is 0 Å². The fourth-order valence-electron chi connectivity index (χ4n) is 3.65. The molecule has 30 heavy (non-hydrogen) atoms. The first-order valence-electron chi connectivity index (χ1n) is 10.4. The van der Waals surface area contributed by atoms with Crippen LogP contribution in [0.25, 0.3) is 6.08 Å². The number of amides is 1. The molecule has 0 atom stereocenters. The molecule has 1 fully saturated rings. The van der Waals surface area contributed by atoms with E-state index in [0.717, 1.165) is 49.1 Å². The number of anilines is 2. The molecule has 0 unspecified atom stereocenters. The van der Waals surface area contributed by atoms with Crippen molar-refractivity contribution in [2.24, 2.45) is 0 Å². The maximum atomic E-state index is 12.6. The lowest BCUT2D eigenvalue weighted by Gasteiger charge is -2.34. The van der Waals surface area contributed by atoms with E-state index < -0.39 is 0 Å². The smallest absolute Gasteiger partial charge is 0.246 e. The van der Waals surface area contributed by atoms with Crippen molar-refractivity contribution in [2.75, 3.05) is 55.9 Å². The van der Waals surface area contributed by atoms with E-state index in [0.29, 0.717) is 18.8 Å². The molecular weight excluding hydrogens is 382 g/mol. The predicted octanol–water partition coefficient (Wildman–Crippen LogP) is 2.41. The molecule has 2 aliphatic rings. The number of piperazine rings is 1. The van der Waals surface area contributed by atoms with Crippen molar-refractivity contribution in [1.82, 2.24) is 15.1 Å². The van der Waals surface area contributed by atoms with Crippen molar-refractivity contribution in [3.8, 4) is 11.5 Å². The number of aromatic nitrogens is 2. The van der Waals surface area contributed by atoms with Gasteiger partial charge in [0.05, 0.1) is 0 Å². The Kier molecular flexibility index (Phi) is 6.02. The SMILES string of the molecule is CCN(CC)c1ccc(N2CCN(C(=O)/C=C/c3ccc4c(c3)OCO4)CC2)nn1. The van der Waals surface area contributed by atoms with Crippen molar-refractivity contribution < 1.29 is 14.3 Å². The van der Waals surface area contributed by atoms with Crippen LogP contribution in [-0.2, 0) is 4.79 Å². The van der Waals surface area contributed by atoms with Gasteiger partial charge in [-0.15, -0.1) is 10.2 Å². The minimum absolute atomic E-state index is 0.00952. The molecule has 1 saturated heterocycles. The van der Waals surface area contributed by atoms with Gasteiger partial charge in [0, 0.05) is 45.3 Å². The van der Waals surface area contributed by atoms with Crippen molar-refractivity contribution in [2.45, 2.75) is 13.8 Å². The first-order chi connectivity index (χ1) is 14.7. The summed E-state index contributed by atoms with van der Waals surface area (Å²) >= 11 is 0. The first kappa shape index (κ1) is 20.0. The molecule has 1 amide bonds. The summed E-state index contributed by atoms with van der Waals surface area (Å²) in [6.07, 6.45) is 3.43. The highest BCUT2D eigenvalue weighted by atomic mass is 16.7. The third-order valence-corrected chi connectivity index (χ3v) is 5.45. The van der Waals surface area contributed by atoms with Gasteiger partial charge in [-0.25, -0.2) is 0 Å². The largest absolute Gasteiger partial charge is 0.454 e. The first-order valence-corrected chi connectivity index (χ1v) is 10.4. The zero-order chi connectivity index (χ0) is 20.9. The Balaban J connectivity index is 1.31. The highest BCUT2D eigenvalue weighted by Crippen LogP contribution is 2.32. The van der Waals surface area contributed by atoms with Crippen LogP contribution < -0.4 is 19.3 Å². The van der Waals surface area contributed by atoms with Crippen molar-refractivity contribution in [3.05, 3.63) is 42.0 Å². The number of rotatable bonds is 6. The molecular formula is C22H27N5O3. The number of hydrogen-bond donors (Lipinski definition) is 0. The molecule has 1 aromatic carbocycles. The van der Waals surface area contributed by atoms with E-state index in [9.17, 15) is 4.79 Å². The molecule has 8 heteroatoms. The predicted molar refractivity (Wildman–Crippen MR) is 116 cm³/mol. The number of carbonyl (C=O) groups excluding carboxylic acids is 1. The van der Waals surface area contributed by atoms with Crippen LogP contribution in [0.1, 0.15) is 19.4 Å². The lowest BCUT2D eigenvalue weighted by molar-refractivity contribution is -0.126. The molecule has 2 aliphatic heterocycles. The van der Waals surface area contributed by atoms with Crippen LogP contribution in [0, 0.1) is 0 Å². The van der Waals surface area contributed by atoms with Crippen LogP contribution in [0.15, 0.2) is 36.4 Å². The van der Waals surface area contributed by atoms with Crippen LogP contribution in [0.2, 0.25) is 0 Å². The zero-order valence-electron chi connectivity index (χ0n) is 17.5. The van der Waals surface area contributed by atoms with E-state index in [-0.39, 0.29) is 12.7 Å². The summed E-state index contributed by atoms with van der Waals surface area (Å²) in [6, 6.07) is 9.68. The minimum atomic E-state index is 0.00952. The molecule has 2 aromatic rings. The van der Waals surface area contributed by atoms with Crippen LogP contribution in [0.4, 0.5) is 11.6 Å². The van der Waals surface area contributed by atoms with E-state index in [4.69, 9.17) is 9.47 Å². The molecule has 158 valence electrons. The second-order valence-corrected chi connectivity index (χ2v) is 7.18. The number of benzene rings is 1. The summed E-state index contributed by atoms with van der Waals surface area (Å²) in [5, 5.41) is 8.75. The average molecular weight is 409 g/mol. The second kappa shape index (κ2) is 9.02. The standard InChI is InChI=1S/C22H27N5O3/c1-3-25(4-2)20-8-9-21(24-23-20)26-11-13-27(14-12-26)22(28)10-6-17-5-7-18-19(15-17)30-16-29-18/h5-10,15H,3-4,11-14,16H2,1-2H3/b10-6+. The van der Waals surface area contributed by atoms with E-state index in [1.165, 1.54) is 0 Å². The minimum Gasteiger partial charge on any atom is -0.454 e. The van der Waals surface area contributed by atoms with Gasteiger partial charge in [0.15, 0.2) is 23.1 Å². The number of carbonyl (C=O) groups is 1. The summed E-state index contributed by atoms with van der Waals surface area (Å²) in [6.45, 7) is 9.07. The van der Waals surface area contributed by atoms with E-state index in [2.05, 4.69) is 33.8 Å². The zero-order valence-corrected chi connectivity index (χ0v) is 17.5. The molecule has 0 aliphatic carbocycles. The highest BCUT2D eigenvalue weighted by Gasteiger charge is 2.21. The van der Waals surface area contributed by atoms with Gasteiger partial charge in [0.1, 0.15) is 0 Å². The van der Waals surface area contributed by atoms with Crippen molar-refractivity contribution in [3.63, 3.8) is 0 Å². The Bertz CT molecular complexity index is 903. The normalized spacial score (nSPS) is 15.7. The van der Waals surface area contributed by atoms with Gasteiger partial charge < -0.3 is 24.2 Å². The molecule has 0 radical (unpaired) electrons. The Morgan fingerprint density at radius 3 is 2.50 bits per heavy atom. The Hall–Kier alpha value is -3.29. The van der Waals surface area contributed by atoms with Crippen LogP contribution >= 0.6 is 0 Å². The second-order valence-electron chi connectivity index (χ2n) is 7.18. The topological polar surface area (TPSA) is 71.0 Å². The molecule has 0 N–H and O–H groups in total. The van der Waals surface area contributed by atoms with E-state index in [1.54, 1.807) is 6.08 Å². The lowest BCUT2D eigenvalue weighted by Crippen LogP contribution is -2.48. The van der Waals surface area contributed by atoms with Gasteiger partial charge in [-0.3, -0.25) is 4.79 Å². The molecule has 8 nitrogen and oxygen atoms in total. The maximum Gasteiger partial charge on any atom is 0.246 e. The summed E-state index contributed by atoms with van der Waals surface area (Å²) in [5.41, 5.74) is 0.912. The average Bonchev–Trinajstić information content (AvgIpc) is 3.27. The third-order valence-electron chi connectivity index (χ3n) is 5.45. The Morgan fingerprint density at radius 2 is 1.80 bits per heavy atom. The molecule has 0 saturated carbocycles. The fourth-order valence-corrected chi connectivity index (χ4v) is 3.65. The number of hydrogen-bond acceptors (Lipinski definition) is 7. The van der Waals surface area contributed by atoms with Crippen LogP contribution in [0.5, 0.6) is 11.5 Å². The fraction of sp³-hybridized carbons (Fsp3) is 0.409. The molecule has 0 bridgehead atoms. The summed E-state index contributed by atoms with van der Waals surface area (Å²) < 4.78 is 10.7. The van der Waals surface area contributed by atoms with Gasteiger partial charge in [0.25, 0.3) is 0 Å². The van der Waals surface area contributed by atoms with Crippen molar-refractivity contribution >= 4 is 23.6 Å². The third kappa shape index (κ3) is 4.32. The summed E-state index contributed by atoms with van der Waals surface area (Å²) in [4.78, 5) is 18.8. The Morgan fingerprint density at radius 1 is 1.03 bits per heavy atom. The lowest BCUT2D eigenvalue weighted by atomic mass is 10.2. The van der Waals surface area contributed by atoms with Gasteiger partial charge in [0.2, 0.25) is 12.7 Å². The highest BCUT2D eigenvalue weighted by molar-refractivity contribution is 5.92. The molecule has 1 aromatic heterocycles. The monoisotopic (exact) mass is 409 g/mol. The maximum absolute atomic E-state index is 12.6. The van der Waals surface area contributed by atoms with Gasteiger partial charge in [-0.1, -0.05) is 6.07 Å². The summed E-state index contributed by atoms with van der Waals surface area (Å²) in [7, 11) is 0.